The van der Waals surface area contributed by atoms with Crippen molar-refractivity contribution in [1.82, 2.24) is 10.3 Å². The van der Waals surface area contributed by atoms with Crippen molar-refractivity contribution in [2.75, 3.05) is 5.32 Å². The number of non-ortho nitro benzene ring substituents is 1. The SMILES string of the molecule is O=C(Nc1nc2ccc([N+](=O)[O-])cc2s1)NC12CC3CC(CC(C3)C1)C2. The number of nitro benzene ring substituents is 1. The molecule has 4 aliphatic rings. The number of carbonyl (C=O) groups excluding carboxylic acids is 1. The zero-order valence-electron chi connectivity index (χ0n) is 14.2. The van der Waals surface area contributed by atoms with E-state index in [1.165, 1.54) is 42.7 Å². The van der Waals surface area contributed by atoms with Crippen molar-refractivity contribution in [2.24, 2.45) is 17.8 Å². The Labute approximate surface area is 154 Å². The molecule has 6 rings (SSSR count). The van der Waals surface area contributed by atoms with Gasteiger partial charge in [-0.25, -0.2) is 9.78 Å². The Hall–Kier alpha value is -2.22. The second kappa shape index (κ2) is 5.64. The van der Waals surface area contributed by atoms with E-state index < -0.39 is 4.92 Å². The van der Waals surface area contributed by atoms with Crippen LogP contribution < -0.4 is 10.6 Å². The topological polar surface area (TPSA) is 97.2 Å². The molecule has 0 atom stereocenters. The summed E-state index contributed by atoms with van der Waals surface area (Å²) >= 11 is 1.26. The van der Waals surface area contributed by atoms with Crippen LogP contribution in [0.4, 0.5) is 15.6 Å². The first-order valence-corrected chi connectivity index (χ1v) is 9.94. The molecule has 0 spiro atoms. The lowest BCUT2D eigenvalue weighted by Gasteiger charge is -2.56. The number of benzene rings is 1. The summed E-state index contributed by atoms with van der Waals surface area (Å²) in [5.41, 5.74) is 0.644. The van der Waals surface area contributed by atoms with E-state index in [1.807, 2.05) is 0 Å². The van der Waals surface area contributed by atoms with Gasteiger partial charge in [-0.3, -0.25) is 15.4 Å². The molecule has 136 valence electrons. The van der Waals surface area contributed by atoms with E-state index in [4.69, 9.17) is 0 Å². The second-order valence-electron chi connectivity index (χ2n) is 8.21. The number of aromatic nitrogens is 1. The van der Waals surface area contributed by atoms with Crippen LogP contribution in [0.25, 0.3) is 10.2 Å². The summed E-state index contributed by atoms with van der Waals surface area (Å²) in [6.45, 7) is 0. The number of rotatable bonds is 3. The summed E-state index contributed by atoms with van der Waals surface area (Å²) in [7, 11) is 0. The van der Waals surface area contributed by atoms with Crippen molar-refractivity contribution in [1.29, 1.82) is 0 Å². The first-order chi connectivity index (χ1) is 12.5. The first-order valence-electron chi connectivity index (χ1n) is 9.12. The lowest BCUT2D eigenvalue weighted by molar-refractivity contribution is -0.384. The number of nitrogens with one attached hydrogen (secondary N) is 2. The van der Waals surface area contributed by atoms with Gasteiger partial charge in [0.2, 0.25) is 0 Å². The molecular weight excluding hydrogens is 352 g/mol. The van der Waals surface area contributed by atoms with Crippen LogP contribution in [0.15, 0.2) is 18.2 Å². The van der Waals surface area contributed by atoms with E-state index in [0.29, 0.717) is 15.3 Å². The van der Waals surface area contributed by atoms with E-state index in [2.05, 4.69) is 15.6 Å². The highest BCUT2D eigenvalue weighted by Gasteiger charge is 2.51. The van der Waals surface area contributed by atoms with Gasteiger partial charge in [-0.2, -0.15) is 0 Å². The molecule has 2 amide bonds. The fourth-order valence-corrected chi connectivity index (χ4v) is 6.61. The van der Waals surface area contributed by atoms with Crippen LogP contribution in [0, 0.1) is 27.9 Å². The van der Waals surface area contributed by atoms with Crippen molar-refractivity contribution in [3.05, 3.63) is 28.3 Å². The number of anilines is 1. The second-order valence-corrected chi connectivity index (χ2v) is 9.24. The summed E-state index contributed by atoms with van der Waals surface area (Å²) in [5.74, 6) is 2.30. The zero-order chi connectivity index (χ0) is 17.9. The molecule has 4 aliphatic carbocycles. The van der Waals surface area contributed by atoms with Gasteiger partial charge in [0, 0.05) is 17.7 Å². The number of fused-ring (bicyclic) bond motifs is 1. The normalized spacial score (nSPS) is 31.9. The van der Waals surface area contributed by atoms with Gasteiger partial charge in [0.25, 0.3) is 5.69 Å². The van der Waals surface area contributed by atoms with Gasteiger partial charge >= 0.3 is 6.03 Å². The highest BCUT2D eigenvalue weighted by atomic mass is 32.1. The summed E-state index contributed by atoms with van der Waals surface area (Å²) in [5, 5.41) is 17.5. The van der Waals surface area contributed by atoms with Crippen LogP contribution in [-0.4, -0.2) is 21.5 Å². The number of urea groups is 1. The third kappa shape index (κ3) is 2.72. The van der Waals surface area contributed by atoms with Crippen molar-refractivity contribution < 1.29 is 9.72 Å². The summed E-state index contributed by atoms with van der Waals surface area (Å²) in [6.07, 6.45) is 7.28. The van der Waals surface area contributed by atoms with E-state index in [1.54, 1.807) is 6.07 Å². The molecule has 0 unspecified atom stereocenters. The summed E-state index contributed by atoms with van der Waals surface area (Å²) < 4.78 is 0.698. The van der Waals surface area contributed by atoms with Gasteiger partial charge in [-0.05, 0) is 62.3 Å². The van der Waals surface area contributed by atoms with Crippen LogP contribution in [-0.2, 0) is 0 Å². The van der Waals surface area contributed by atoms with Gasteiger partial charge < -0.3 is 5.32 Å². The third-order valence-electron chi connectivity index (χ3n) is 6.22. The van der Waals surface area contributed by atoms with E-state index in [0.717, 1.165) is 37.0 Å². The quantitative estimate of drug-likeness (QED) is 0.620. The Balaban J connectivity index is 1.31. The summed E-state index contributed by atoms with van der Waals surface area (Å²) in [4.78, 5) is 27.4. The monoisotopic (exact) mass is 372 g/mol. The van der Waals surface area contributed by atoms with Gasteiger partial charge in [0.05, 0.1) is 15.1 Å². The van der Waals surface area contributed by atoms with E-state index >= 15 is 0 Å². The lowest BCUT2D eigenvalue weighted by Crippen LogP contribution is -2.60. The molecule has 1 aromatic carbocycles. The summed E-state index contributed by atoms with van der Waals surface area (Å²) in [6, 6.07) is 4.34. The number of carbonyl (C=O) groups is 1. The first kappa shape index (κ1) is 16.0. The molecular formula is C18H20N4O3S. The van der Waals surface area contributed by atoms with Crippen LogP contribution >= 0.6 is 11.3 Å². The Kier molecular flexibility index (Phi) is 3.47. The van der Waals surface area contributed by atoms with E-state index in [9.17, 15) is 14.9 Å². The Morgan fingerprint density at radius 1 is 1.19 bits per heavy atom. The minimum atomic E-state index is -0.425. The van der Waals surface area contributed by atoms with Crippen molar-refractivity contribution in [2.45, 2.75) is 44.1 Å². The van der Waals surface area contributed by atoms with Crippen molar-refractivity contribution >= 4 is 38.4 Å². The molecule has 0 saturated heterocycles. The fraction of sp³-hybridized carbons (Fsp3) is 0.556. The molecule has 1 aromatic heterocycles. The highest BCUT2D eigenvalue weighted by molar-refractivity contribution is 7.22. The fourth-order valence-electron chi connectivity index (χ4n) is 5.71. The standard InChI is InChI=1S/C18H20N4O3S/c23-16(21-18-7-10-3-11(8-18)5-12(4-10)9-18)20-17-19-14-2-1-13(22(24)25)6-15(14)26-17/h1-2,6,10-12H,3-5,7-9H2,(H2,19,20,21,23). The largest absolute Gasteiger partial charge is 0.332 e. The van der Waals surface area contributed by atoms with Gasteiger partial charge in [0.15, 0.2) is 5.13 Å². The number of nitro groups is 1. The molecule has 7 nitrogen and oxygen atoms in total. The lowest BCUT2D eigenvalue weighted by atomic mass is 9.53. The predicted molar refractivity (Wildman–Crippen MR) is 99.3 cm³/mol. The zero-order valence-corrected chi connectivity index (χ0v) is 15.1. The molecule has 26 heavy (non-hydrogen) atoms. The van der Waals surface area contributed by atoms with Crippen molar-refractivity contribution in [3.63, 3.8) is 0 Å². The molecule has 4 fully saturated rings. The average molecular weight is 372 g/mol. The molecule has 8 heteroatoms. The van der Waals surface area contributed by atoms with Crippen molar-refractivity contribution in [3.8, 4) is 0 Å². The molecule has 0 radical (unpaired) electrons. The Bertz CT molecular complexity index is 874. The van der Waals surface area contributed by atoms with Gasteiger partial charge in [-0.15, -0.1) is 0 Å². The molecule has 1 heterocycles. The molecule has 4 bridgehead atoms. The maximum atomic E-state index is 12.6. The Morgan fingerprint density at radius 2 is 1.85 bits per heavy atom. The molecule has 2 N–H and O–H groups in total. The minimum absolute atomic E-state index is 0.0331. The number of thiazole rings is 1. The molecule has 4 saturated carbocycles. The van der Waals surface area contributed by atoms with Crippen LogP contribution in [0.2, 0.25) is 0 Å². The average Bonchev–Trinajstić information content (AvgIpc) is 2.93. The molecule has 0 aliphatic heterocycles. The van der Waals surface area contributed by atoms with E-state index in [-0.39, 0.29) is 17.3 Å². The number of hydrogen-bond donors (Lipinski definition) is 2. The molecule has 2 aromatic rings. The minimum Gasteiger partial charge on any atom is -0.332 e. The number of nitrogens with zero attached hydrogens (tertiary/aromatic N) is 2. The van der Waals surface area contributed by atoms with Crippen LogP contribution in [0.3, 0.4) is 0 Å². The van der Waals surface area contributed by atoms with Gasteiger partial charge in [0.1, 0.15) is 0 Å². The third-order valence-corrected chi connectivity index (χ3v) is 7.15. The number of amides is 2. The Morgan fingerprint density at radius 3 is 2.46 bits per heavy atom. The maximum absolute atomic E-state index is 12.6. The predicted octanol–water partition coefficient (Wildman–Crippen LogP) is 4.29. The maximum Gasteiger partial charge on any atom is 0.321 e. The number of hydrogen-bond acceptors (Lipinski definition) is 5. The van der Waals surface area contributed by atoms with Crippen LogP contribution in [0.1, 0.15) is 38.5 Å². The van der Waals surface area contributed by atoms with Gasteiger partial charge in [-0.1, -0.05) is 11.3 Å². The smallest absolute Gasteiger partial charge is 0.321 e. The highest BCUT2D eigenvalue weighted by Crippen LogP contribution is 2.55. The van der Waals surface area contributed by atoms with Crippen LogP contribution in [0.5, 0.6) is 0 Å².